The Morgan fingerprint density at radius 2 is 2.26 bits per heavy atom. The summed E-state index contributed by atoms with van der Waals surface area (Å²) in [5, 5.41) is 0. The van der Waals surface area contributed by atoms with Gasteiger partial charge in [-0.15, -0.1) is 0 Å². The van der Waals surface area contributed by atoms with E-state index in [0.29, 0.717) is 13.0 Å². The lowest BCUT2D eigenvalue weighted by atomic mass is 10.1. The second-order valence-electron chi connectivity index (χ2n) is 5.43. The van der Waals surface area contributed by atoms with Crippen molar-refractivity contribution in [3.63, 3.8) is 0 Å². The minimum Gasteiger partial charge on any atom is -0.462 e. The molecule has 19 heavy (non-hydrogen) atoms. The van der Waals surface area contributed by atoms with Crippen LogP contribution in [0.15, 0.2) is 11.6 Å². The number of esters is 1. The van der Waals surface area contributed by atoms with Crippen molar-refractivity contribution in [2.75, 3.05) is 19.7 Å². The first-order valence-corrected chi connectivity index (χ1v) is 7.34. The summed E-state index contributed by atoms with van der Waals surface area (Å²) in [6.07, 6.45) is 7.79. The Balaban J connectivity index is 1.77. The van der Waals surface area contributed by atoms with E-state index in [-0.39, 0.29) is 17.8 Å². The quantitative estimate of drug-likeness (QED) is 0.733. The maximum absolute atomic E-state index is 12.0. The molecule has 0 aromatic rings. The van der Waals surface area contributed by atoms with Gasteiger partial charge in [0.1, 0.15) is 0 Å². The smallest absolute Gasteiger partial charge is 0.333 e. The van der Waals surface area contributed by atoms with Gasteiger partial charge in [0.05, 0.1) is 6.61 Å². The number of likely N-dealkylation sites (tertiary alicyclic amines) is 1. The number of nitrogens with zero attached hydrogens (tertiary/aromatic N) is 1. The lowest BCUT2D eigenvalue weighted by molar-refractivity contribution is -0.140. The van der Waals surface area contributed by atoms with Crippen LogP contribution in [0.2, 0.25) is 0 Å². The SMILES string of the molecule is CCN1C[C@H](COC(=O)C2=CCCCCC2)CC1=O. The van der Waals surface area contributed by atoms with Crippen molar-refractivity contribution in [3.8, 4) is 0 Å². The minimum atomic E-state index is -0.177. The molecule has 0 aromatic carbocycles. The van der Waals surface area contributed by atoms with Crippen molar-refractivity contribution in [1.29, 1.82) is 0 Å². The highest BCUT2D eigenvalue weighted by Crippen LogP contribution is 2.21. The first-order chi connectivity index (χ1) is 9.20. The molecule has 4 heteroatoms. The molecule has 0 radical (unpaired) electrons. The summed E-state index contributed by atoms with van der Waals surface area (Å²) < 4.78 is 5.38. The Kier molecular flexibility index (Phi) is 5.00. The number of allylic oxidation sites excluding steroid dienone is 1. The van der Waals surface area contributed by atoms with E-state index in [4.69, 9.17) is 4.74 Å². The van der Waals surface area contributed by atoms with Gasteiger partial charge in [-0.1, -0.05) is 12.5 Å². The summed E-state index contributed by atoms with van der Waals surface area (Å²) in [5.74, 6) is 0.171. The van der Waals surface area contributed by atoms with E-state index in [1.807, 2.05) is 17.9 Å². The van der Waals surface area contributed by atoms with E-state index in [1.165, 1.54) is 12.8 Å². The van der Waals surface area contributed by atoms with Crippen LogP contribution in [0.25, 0.3) is 0 Å². The van der Waals surface area contributed by atoms with Gasteiger partial charge in [-0.05, 0) is 32.6 Å². The number of hydrogen-bond donors (Lipinski definition) is 0. The molecule has 0 spiro atoms. The highest BCUT2D eigenvalue weighted by molar-refractivity contribution is 5.88. The van der Waals surface area contributed by atoms with Gasteiger partial charge in [-0.3, -0.25) is 4.79 Å². The molecule has 1 amide bonds. The summed E-state index contributed by atoms with van der Waals surface area (Å²) in [6.45, 7) is 3.82. The topological polar surface area (TPSA) is 46.6 Å². The van der Waals surface area contributed by atoms with Gasteiger partial charge in [-0.25, -0.2) is 4.79 Å². The molecule has 0 bridgehead atoms. The molecule has 1 saturated heterocycles. The summed E-state index contributed by atoms with van der Waals surface area (Å²) in [5.41, 5.74) is 0.828. The van der Waals surface area contributed by atoms with Crippen LogP contribution in [0.4, 0.5) is 0 Å². The molecule has 2 rings (SSSR count). The predicted octanol–water partition coefficient (Wildman–Crippen LogP) is 2.29. The van der Waals surface area contributed by atoms with Gasteiger partial charge in [0.15, 0.2) is 0 Å². The van der Waals surface area contributed by atoms with Crippen molar-refractivity contribution in [2.45, 2.75) is 45.4 Å². The van der Waals surface area contributed by atoms with Crippen LogP contribution >= 0.6 is 0 Å². The molecule has 0 N–H and O–H groups in total. The monoisotopic (exact) mass is 265 g/mol. The highest BCUT2D eigenvalue weighted by atomic mass is 16.5. The zero-order valence-electron chi connectivity index (χ0n) is 11.7. The van der Waals surface area contributed by atoms with Crippen LogP contribution < -0.4 is 0 Å². The molecule has 1 heterocycles. The van der Waals surface area contributed by atoms with Gasteiger partial charge in [-0.2, -0.15) is 0 Å². The fourth-order valence-corrected chi connectivity index (χ4v) is 2.76. The highest BCUT2D eigenvalue weighted by Gasteiger charge is 2.29. The van der Waals surface area contributed by atoms with Gasteiger partial charge in [0.25, 0.3) is 0 Å². The van der Waals surface area contributed by atoms with E-state index >= 15 is 0 Å². The van der Waals surface area contributed by atoms with Crippen LogP contribution in [0, 0.1) is 5.92 Å². The van der Waals surface area contributed by atoms with Gasteiger partial charge < -0.3 is 9.64 Å². The zero-order valence-corrected chi connectivity index (χ0v) is 11.7. The fourth-order valence-electron chi connectivity index (χ4n) is 2.76. The van der Waals surface area contributed by atoms with E-state index in [0.717, 1.165) is 37.9 Å². The van der Waals surface area contributed by atoms with Crippen LogP contribution in [-0.4, -0.2) is 36.5 Å². The maximum Gasteiger partial charge on any atom is 0.333 e. The third-order valence-corrected chi connectivity index (χ3v) is 3.93. The first-order valence-electron chi connectivity index (χ1n) is 7.34. The Labute approximate surface area is 114 Å². The summed E-state index contributed by atoms with van der Waals surface area (Å²) in [4.78, 5) is 25.4. The van der Waals surface area contributed by atoms with E-state index < -0.39 is 0 Å². The zero-order chi connectivity index (χ0) is 13.7. The molecule has 0 unspecified atom stereocenters. The van der Waals surface area contributed by atoms with E-state index in [2.05, 4.69) is 0 Å². The minimum absolute atomic E-state index is 0.169. The maximum atomic E-state index is 12.0. The number of amides is 1. The number of carbonyl (C=O) groups excluding carboxylic acids is 2. The third-order valence-electron chi connectivity index (χ3n) is 3.93. The number of rotatable bonds is 4. The Bertz CT molecular complexity index is 376. The Morgan fingerprint density at radius 1 is 1.42 bits per heavy atom. The fraction of sp³-hybridized carbons (Fsp3) is 0.733. The molecular formula is C15H23NO3. The van der Waals surface area contributed by atoms with Crippen LogP contribution in [0.3, 0.4) is 0 Å². The molecule has 1 fully saturated rings. The van der Waals surface area contributed by atoms with Crippen molar-refractivity contribution in [2.24, 2.45) is 5.92 Å². The van der Waals surface area contributed by atoms with Gasteiger partial charge in [0.2, 0.25) is 5.91 Å². The van der Waals surface area contributed by atoms with Crippen molar-refractivity contribution in [3.05, 3.63) is 11.6 Å². The number of carbonyl (C=O) groups is 2. The van der Waals surface area contributed by atoms with Crippen molar-refractivity contribution >= 4 is 11.9 Å². The Morgan fingerprint density at radius 3 is 3.00 bits per heavy atom. The number of ether oxygens (including phenoxy) is 1. The van der Waals surface area contributed by atoms with E-state index in [1.54, 1.807) is 0 Å². The molecule has 0 saturated carbocycles. The first kappa shape index (κ1) is 14.1. The second kappa shape index (κ2) is 6.73. The summed E-state index contributed by atoms with van der Waals surface area (Å²) >= 11 is 0. The molecule has 1 atom stereocenters. The standard InChI is InChI=1S/C15H23NO3/c1-2-16-10-12(9-14(16)17)11-19-15(18)13-7-5-3-4-6-8-13/h7,12H,2-6,8-11H2,1H3/t12-/m1/s1. The van der Waals surface area contributed by atoms with E-state index in [9.17, 15) is 9.59 Å². The molecule has 2 aliphatic rings. The summed E-state index contributed by atoms with van der Waals surface area (Å²) in [7, 11) is 0. The van der Waals surface area contributed by atoms with Crippen LogP contribution in [-0.2, 0) is 14.3 Å². The average Bonchev–Trinajstić information content (AvgIpc) is 2.63. The lowest BCUT2D eigenvalue weighted by Gasteiger charge is -2.14. The number of hydrogen-bond acceptors (Lipinski definition) is 3. The third kappa shape index (κ3) is 3.82. The second-order valence-corrected chi connectivity index (χ2v) is 5.43. The van der Waals surface area contributed by atoms with Crippen molar-refractivity contribution in [1.82, 2.24) is 4.90 Å². The van der Waals surface area contributed by atoms with Crippen LogP contribution in [0.1, 0.15) is 45.4 Å². The van der Waals surface area contributed by atoms with Crippen LogP contribution in [0.5, 0.6) is 0 Å². The van der Waals surface area contributed by atoms with Gasteiger partial charge >= 0.3 is 5.97 Å². The van der Waals surface area contributed by atoms with Gasteiger partial charge in [0, 0.05) is 31.0 Å². The molecule has 1 aliphatic heterocycles. The normalized spacial score (nSPS) is 24.1. The summed E-state index contributed by atoms with van der Waals surface area (Å²) in [6, 6.07) is 0. The lowest BCUT2D eigenvalue weighted by Crippen LogP contribution is -2.25. The molecular weight excluding hydrogens is 242 g/mol. The average molecular weight is 265 g/mol. The Hall–Kier alpha value is -1.32. The molecule has 106 valence electrons. The largest absolute Gasteiger partial charge is 0.462 e. The van der Waals surface area contributed by atoms with Crippen molar-refractivity contribution < 1.29 is 14.3 Å². The molecule has 0 aromatic heterocycles. The molecule has 4 nitrogen and oxygen atoms in total. The molecule has 1 aliphatic carbocycles. The predicted molar refractivity (Wildman–Crippen MR) is 72.5 cm³/mol.